The van der Waals surface area contributed by atoms with Gasteiger partial charge in [-0.15, -0.1) is 0 Å². The predicted octanol–water partition coefficient (Wildman–Crippen LogP) is 3.82. The first-order chi connectivity index (χ1) is 8.72. The molecule has 1 N–H and O–H groups in total. The van der Waals surface area contributed by atoms with Gasteiger partial charge in [-0.05, 0) is 37.6 Å². The summed E-state index contributed by atoms with van der Waals surface area (Å²) in [6, 6.07) is 4.52. The standard InChI is InChI=1S/C14H17ClFNO/c1-2-17-14(13-5-3-4-8-18-13)11-7-6-10(15)9-12(11)16/h5-7,9,14,17H,2-4,8H2,1H3. The van der Waals surface area contributed by atoms with Crippen LogP contribution >= 0.6 is 11.6 Å². The molecule has 0 bridgehead atoms. The van der Waals surface area contributed by atoms with Gasteiger partial charge in [-0.3, -0.25) is 0 Å². The highest BCUT2D eigenvalue weighted by atomic mass is 35.5. The fourth-order valence-corrected chi connectivity index (χ4v) is 2.24. The highest BCUT2D eigenvalue weighted by Gasteiger charge is 2.22. The van der Waals surface area contributed by atoms with Gasteiger partial charge in [0.2, 0.25) is 0 Å². The van der Waals surface area contributed by atoms with E-state index in [0.29, 0.717) is 17.2 Å². The maximum atomic E-state index is 14.0. The Morgan fingerprint density at radius 3 is 2.94 bits per heavy atom. The minimum atomic E-state index is -0.302. The quantitative estimate of drug-likeness (QED) is 0.897. The van der Waals surface area contributed by atoms with Crippen molar-refractivity contribution in [3.63, 3.8) is 0 Å². The average molecular weight is 270 g/mol. The molecule has 0 saturated heterocycles. The molecule has 2 nitrogen and oxygen atoms in total. The lowest BCUT2D eigenvalue weighted by atomic mass is 10.0. The van der Waals surface area contributed by atoms with Crippen LogP contribution in [0.5, 0.6) is 0 Å². The molecule has 0 aliphatic carbocycles. The molecule has 1 aliphatic heterocycles. The van der Waals surface area contributed by atoms with Crippen molar-refractivity contribution in [1.82, 2.24) is 5.32 Å². The molecule has 4 heteroatoms. The first-order valence-corrected chi connectivity index (χ1v) is 6.61. The van der Waals surface area contributed by atoms with Gasteiger partial charge in [-0.25, -0.2) is 4.39 Å². The Hall–Kier alpha value is -1.06. The Balaban J connectivity index is 2.31. The molecule has 1 aromatic carbocycles. The fraction of sp³-hybridized carbons (Fsp3) is 0.429. The van der Waals surface area contributed by atoms with E-state index < -0.39 is 0 Å². The molecule has 0 spiro atoms. The average Bonchev–Trinajstić information content (AvgIpc) is 2.38. The molecule has 0 saturated carbocycles. The third-order valence-corrected chi connectivity index (χ3v) is 3.16. The van der Waals surface area contributed by atoms with Crippen LogP contribution < -0.4 is 5.32 Å². The van der Waals surface area contributed by atoms with Gasteiger partial charge in [-0.1, -0.05) is 24.6 Å². The van der Waals surface area contributed by atoms with Crippen molar-refractivity contribution in [3.05, 3.63) is 46.4 Å². The van der Waals surface area contributed by atoms with Gasteiger partial charge in [0.15, 0.2) is 0 Å². The lowest BCUT2D eigenvalue weighted by molar-refractivity contribution is 0.167. The number of halogens is 2. The van der Waals surface area contributed by atoms with Crippen molar-refractivity contribution in [1.29, 1.82) is 0 Å². The monoisotopic (exact) mass is 269 g/mol. The highest BCUT2D eigenvalue weighted by molar-refractivity contribution is 6.30. The molecule has 18 heavy (non-hydrogen) atoms. The maximum Gasteiger partial charge on any atom is 0.129 e. The van der Waals surface area contributed by atoms with Crippen molar-refractivity contribution in [2.75, 3.05) is 13.2 Å². The van der Waals surface area contributed by atoms with Crippen molar-refractivity contribution in [3.8, 4) is 0 Å². The predicted molar refractivity (Wildman–Crippen MR) is 71.1 cm³/mol. The molecule has 98 valence electrons. The van der Waals surface area contributed by atoms with Gasteiger partial charge < -0.3 is 10.1 Å². The molecular formula is C14H17ClFNO. The van der Waals surface area contributed by atoms with Crippen LogP contribution in [0.2, 0.25) is 5.02 Å². The number of ether oxygens (including phenoxy) is 1. The number of benzene rings is 1. The zero-order valence-corrected chi connectivity index (χ0v) is 11.1. The summed E-state index contributed by atoms with van der Waals surface area (Å²) in [6.07, 6.45) is 4.03. The fourth-order valence-electron chi connectivity index (χ4n) is 2.08. The second kappa shape index (κ2) is 6.21. The molecule has 0 fully saturated rings. The third kappa shape index (κ3) is 3.03. The summed E-state index contributed by atoms with van der Waals surface area (Å²) in [5.41, 5.74) is 0.578. The van der Waals surface area contributed by atoms with E-state index in [9.17, 15) is 4.39 Å². The molecule has 1 atom stereocenters. The molecule has 0 amide bonds. The van der Waals surface area contributed by atoms with E-state index >= 15 is 0 Å². The number of nitrogens with one attached hydrogen (secondary N) is 1. The Morgan fingerprint density at radius 1 is 1.50 bits per heavy atom. The highest BCUT2D eigenvalue weighted by Crippen LogP contribution is 2.29. The zero-order chi connectivity index (χ0) is 13.0. The second-order valence-electron chi connectivity index (χ2n) is 4.25. The summed E-state index contributed by atoms with van der Waals surface area (Å²) in [5.74, 6) is 0.507. The molecular weight excluding hydrogens is 253 g/mol. The summed E-state index contributed by atoms with van der Waals surface area (Å²) in [7, 11) is 0. The zero-order valence-electron chi connectivity index (χ0n) is 10.4. The van der Waals surface area contributed by atoms with Gasteiger partial charge in [0, 0.05) is 10.6 Å². The van der Waals surface area contributed by atoms with Gasteiger partial charge in [0.1, 0.15) is 11.6 Å². The minimum Gasteiger partial charge on any atom is -0.496 e. The van der Waals surface area contributed by atoms with Crippen LogP contribution in [0.15, 0.2) is 30.0 Å². The molecule has 0 aromatic heterocycles. The number of hydrogen-bond acceptors (Lipinski definition) is 2. The Bertz CT molecular complexity index is 447. The minimum absolute atomic E-state index is 0.229. The molecule has 1 aliphatic rings. The van der Waals surface area contributed by atoms with Gasteiger partial charge >= 0.3 is 0 Å². The largest absolute Gasteiger partial charge is 0.496 e. The van der Waals surface area contributed by atoms with Crippen LogP contribution in [0.4, 0.5) is 4.39 Å². The van der Waals surface area contributed by atoms with Crippen molar-refractivity contribution >= 4 is 11.6 Å². The molecule has 1 unspecified atom stereocenters. The Morgan fingerprint density at radius 2 is 2.33 bits per heavy atom. The van der Waals surface area contributed by atoms with Crippen LogP contribution in [0.3, 0.4) is 0 Å². The van der Waals surface area contributed by atoms with Crippen LogP contribution in [0.25, 0.3) is 0 Å². The van der Waals surface area contributed by atoms with E-state index in [2.05, 4.69) is 5.32 Å². The van der Waals surface area contributed by atoms with E-state index in [4.69, 9.17) is 16.3 Å². The first-order valence-electron chi connectivity index (χ1n) is 6.23. The van der Waals surface area contributed by atoms with Gasteiger partial charge in [0.05, 0.1) is 12.6 Å². The van der Waals surface area contributed by atoms with E-state index in [-0.39, 0.29) is 11.9 Å². The number of allylic oxidation sites excluding steroid dienone is 1. The SMILES string of the molecule is CCNC(C1=CCCCO1)c1ccc(Cl)cc1F. The molecule has 1 aromatic rings. The second-order valence-corrected chi connectivity index (χ2v) is 4.69. The number of hydrogen-bond donors (Lipinski definition) is 1. The maximum absolute atomic E-state index is 14.0. The Kier molecular flexibility index (Phi) is 4.61. The third-order valence-electron chi connectivity index (χ3n) is 2.93. The van der Waals surface area contributed by atoms with Gasteiger partial charge in [-0.2, -0.15) is 0 Å². The smallest absolute Gasteiger partial charge is 0.129 e. The van der Waals surface area contributed by atoms with E-state index in [1.807, 2.05) is 13.0 Å². The summed E-state index contributed by atoms with van der Waals surface area (Å²) in [5, 5.41) is 3.66. The molecule has 2 rings (SSSR count). The van der Waals surface area contributed by atoms with E-state index in [1.165, 1.54) is 6.07 Å². The molecule has 0 radical (unpaired) electrons. The van der Waals surface area contributed by atoms with Crippen molar-refractivity contribution < 1.29 is 9.13 Å². The molecule has 1 heterocycles. The van der Waals surface area contributed by atoms with Crippen molar-refractivity contribution in [2.45, 2.75) is 25.8 Å². The van der Waals surface area contributed by atoms with Crippen LogP contribution in [0, 0.1) is 5.82 Å². The summed E-state index contributed by atoms with van der Waals surface area (Å²) in [6.45, 7) is 3.43. The van der Waals surface area contributed by atoms with Crippen LogP contribution in [0.1, 0.15) is 31.4 Å². The summed E-state index contributed by atoms with van der Waals surface area (Å²) in [4.78, 5) is 0. The van der Waals surface area contributed by atoms with Crippen molar-refractivity contribution in [2.24, 2.45) is 0 Å². The van der Waals surface area contributed by atoms with E-state index in [0.717, 1.165) is 25.1 Å². The summed E-state index contributed by atoms with van der Waals surface area (Å²) >= 11 is 5.78. The topological polar surface area (TPSA) is 21.3 Å². The number of rotatable bonds is 4. The first kappa shape index (κ1) is 13.4. The number of likely N-dealkylation sites (N-methyl/N-ethyl adjacent to an activating group) is 1. The van der Waals surface area contributed by atoms with Gasteiger partial charge in [0.25, 0.3) is 0 Å². The summed E-state index contributed by atoms with van der Waals surface area (Å²) < 4.78 is 19.6. The Labute approximate surface area is 112 Å². The lowest BCUT2D eigenvalue weighted by Gasteiger charge is -2.25. The van der Waals surface area contributed by atoms with Crippen LogP contribution in [-0.4, -0.2) is 13.2 Å². The normalized spacial score (nSPS) is 16.9. The van der Waals surface area contributed by atoms with Crippen LogP contribution in [-0.2, 0) is 4.74 Å². The van der Waals surface area contributed by atoms with E-state index in [1.54, 1.807) is 12.1 Å². The lowest BCUT2D eigenvalue weighted by Crippen LogP contribution is -2.26.